The minimum atomic E-state index is -1.70. The number of benzene rings is 1. The summed E-state index contributed by atoms with van der Waals surface area (Å²) in [6.45, 7) is 1.29. The SMILES string of the molecule is CC(OC(=O)c1sccc1-n1cccc1)C(=O)Nc1ccc(F)c(F)c1F. The predicted molar refractivity (Wildman–Crippen MR) is 93.5 cm³/mol. The van der Waals surface area contributed by atoms with Crippen LogP contribution in [0.3, 0.4) is 0 Å². The first-order valence-electron chi connectivity index (χ1n) is 7.74. The van der Waals surface area contributed by atoms with E-state index in [0.717, 1.165) is 17.4 Å². The van der Waals surface area contributed by atoms with E-state index < -0.39 is 41.1 Å². The van der Waals surface area contributed by atoms with E-state index in [-0.39, 0.29) is 4.88 Å². The first-order chi connectivity index (χ1) is 12.9. The Hall–Kier alpha value is -3.07. The van der Waals surface area contributed by atoms with E-state index in [2.05, 4.69) is 5.32 Å². The molecule has 3 aromatic rings. The summed E-state index contributed by atoms with van der Waals surface area (Å²) < 4.78 is 46.6. The molecule has 9 heteroatoms. The Morgan fingerprint density at radius 3 is 2.52 bits per heavy atom. The van der Waals surface area contributed by atoms with Crippen molar-refractivity contribution >= 4 is 28.9 Å². The minimum absolute atomic E-state index is 0.282. The van der Waals surface area contributed by atoms with E-state index >= 15 is 0 Å². The largest absolute Gasteiger partial charge is 0.448 e. The van der Waals surface area contributed by atoms with Crippen LogP contribution < -0.4 is 5.32 Å². The number of halogens is 3. The Labute approximate surface area is 156 Å². The molecule has 0 aliphatic heterocycles. The number of rotatable bonds is 5. The fraction of sp³-hybridized carbons (Fsp3) is 0.111. The third kappa shape index (κ3) is 3.87. The number of amides is 1. The molecule has 0 aliphatic carbocycles. The number of hydrogen-bond donors (Lipinski definition) is 1. The Balaban J connectivity index is 1.70. The summed E-state index contributed by atoms with van der Waals surface area (Å²) in [7, 11) is 0. The monoisotopic (exact) mass is 394 g/mol. The van der Waals surface area contributed by atoms with Crippen LogP contribution in [-0.2, 0) is 9.53 Å². The van der Waals surface area contributed by atoms with Crippen LogP contribution in [0.4, 0.5) is 18.9 Å². The lowest BCUT2D eigenvalue weighted by Gasteiger charge is -2.14. The van der Waals surface area contributed by atoms with Crippen molar-refractivity contribution in [2.45, 2.75) is 13.0 Å². The Bertz CT molecular complexity index is 986. The summed E-state index contributed by atoms with van der Waals surface area (Å²) in [5.74, 6) is -6.22. The van der Waals surface area contributed by atoms with Gasteiger partial charge in [0.15, 0.2) is 23.6 Å². The molecule has 1 aromatic carbocycles. The minimum Gasteiger partial charge on any atom is -0.448 e. The number of aromatic nitrogens is 1. The first-order valence-corrected chi connectivity index (χ1v) is 8.62. The van der Waals surface area contributed by atoms with Crippen LogP contribution in [0, 0.1) is 17.5 Å². The molecule has 0 spiro atoms. The summed E-state index contributed by atoms with van der Waals surface area (Å²) >= 11 is 1.14. The van der Waals surface area contributed by atoms with Crippen LogP contribution >= 0.6 is 11.3 Å². The van der Waals surface area contributed by atoms with Gasteiger partial charge in [-0.1, -0.05) is 0 Å². The molecule has 27 heavy (non-hydrogen) atoms. The van der Waals surface area contributed by atoms with Crippen molar-refractivity contribution in [3.8, 4) is 5.69 Å². The fourth-order valence-corrected chi connectivity index (χ4v) is 3.05. The molecular formula is C18H13F3N2O3S. The number of carbonyl (C=O) groups is 2. The average molecular weight is 394 g/mol. The molecule has 3 rings (SSSR count). The van der Waals surface area contributed by atoms with Crippen LogP contribution in [0.1, 0.15) is 16.6 Å². The molecule has 140 valence electrons. The lowest BCUT2D eigenvalue weighted by molar-refractivity contribution is -0.123. The highest BCUT2D eigenvalue weighted by Gasteiger charge is 2.24. The fourth-order valence-electron chi connectivity index (χ4n) is 2.28. The molecule has 1 atom stereocenters. The second kappa shape index (κ2) is 7.67. The predicted octanol–water partition coefficient (Wildman–Crippen LogP) is 4.14. The van der Waals surface area contributed by atoms with Gasteiger partial charge in [-0.15, -0.1) is 11.3 Å². The summed E-state index contributed by atoms with van der Waals surface area (Å²) in [4.78, 5) is 24.8. The van der Waals surface area contributed by atoms with Gasteiger partial charge in [0.1, 0.15) is 4.88 Å². The van der Waals surface area contributed by atoms with Crippen LogP contribution in [0.25, 0.3) is 5.69 Å². The molecule has 0 aliphatic rings. The number of thiophene rings is 1. The van der Waals surface area contributed by atoms with Crippen molar-refractivity contribution < 1.29 is 27.5 Å². The number of nitrogens with one attached hydrogen (secondary N) is 1. The van der Waals surface area contributed by atoms with Gasteiger partial charge in [0, 0.05) is 12.4 Å². The number of esters is 1. The lowest BCUT2D eigenvalue weighted by atomic mass is 10.2. The molecule has 1 unspecified atom stereocenters. The molecule has 2 heterocycles. The zero-order valence-electron chi connectivity index (χ0n) is 13.9. The Morgan fingerprint density at radius 1 is 1.11 bits per heavy atom. The van der Waals surface area contributed by atoms with Gasteiger partial charge in [-0.2, -0.15) is 0 Å². The molecule has 0 bridgehead atoms. The quantitative estimate of drug-likeness (QED) is 0.523. The van der Waals surface area contributed by atoms with Gasteiger partial charge in [-0.05, 0) is 42.6 Å². The van der Waals surface area contributed by atoms with E-state index in [1.54, 1.807) is 40.5 Å². The lowest BCUT2D eigenvalue weighted by Crippen LogP contribution is -2.30. The van der Waals surface area contributed by atoms with Gasteiger partial charge in [0.25, 0.3) is 5.91 Å². The van der Waals surface area contributed by atoms with Crippen molar-refractivity contribution in [1.29, 1.82) is 0 Å². The third-order valence-electron chi connectivity index (χ3n) is 3.66. The number of carbonyl (C=O) groups excluding carboxylic acids is 2. The van der Waals surface area contributed by atoms with Crippen molar-refractivity contribution in [3.05, 3.63) is 70.4 Å². The molecular weight excluding hydrogens is 381 g/mol. The zero-order chi connectivity index (χ0) is 19.6. The number of ether oxygens (including phenoxy) is 1. The number of anilines is 1. The van der Waals surface area contributed by atoms with Crippen LogP contribution in [0.5, 0.6) is 0 Å². The zero-order valence-corrected chi connectivity index (χ0v) is 14.7. The Morgan fingerprint density at radius 2 is 1.81 bits per heavy atom. The highest BCUT2D eigenvalue weighted by atomic mass is 32.1. The molecule has 0 saturated heterocycles. The first kappa shape index (κ1) is 18.7. The molecule has 1 amide bonds. The van der Waals surface area contributed by atoms with Crippen LogP contribution in [-0.4, -0.2) is 22.5 Å². The van der Waals surface area contributed by atoms with Crippen molar-refractivity contribution in [2.75, 3.05) is 5.32 Å². The van der Waals surface area contributed by atoms with E-state index in [1.165, 1.54) is 6.92 Å². The van der Waals surface area contributed by atoms with Crippen molar-refractivity contribution in [3.63, 3.8) is 0 Å². The van der Waals surface area contributed by atoms with Gasteiger partial charge in [-0.3, -0.25) is 4.79 Å². The molecule has 0 fully saturated rings. The maximum absolute atomic E-state index is 13.6. The maximum Gasteiger partial charge on any atom is 0.351 e. The molecule has 0 saturated carbocycles. The molecule has 0 radical (unpaired) electrons. The highest BCUT2D eigenvalue weighted by Crippen LogP contribution is 2.23. The second-order valence-corrected chi connectivity index (χ2v) is 6.40. The Kier molecular flexibility index (Phi) is 5.31. The van der Waals surface area contributed by atoms with Crippen molar-refractivity contribution in [1.82, 2.24) is 4.57 Å². The standard InChI is InChI=1S/C18H13F3N2O3S/c1-10(17(24)22-12-5-4-11(19)14(20)15(12)21)26-18(25)16-13(6-9-27-16)23-7-2-3-8-23/h2-10H,1H3,(H,22,24). The van der Waals surface area contributed by atoms with Gasteiger partial charge >= 0.3 is 5.97 Å². The van der Waals surface area contributed by atoms with Crippen LogP contribution in [0.15, 0.2) is 48.1 Å². The highest BCUT2D eigenvalue weighted by molar-refractivity contribution is 7.12. The van der Waals surface area contributed by atoms with E-state index in [9.17, 15) is 22.8 Å². The molecule has 2 aromatic heterocycles. The normalized spacial score (nSPS) is 11.9. The van der Waals surface area contributed by atoms with Gasteiger partial charge in [0.05, 0.1) is 11.4 Å². The summed E-state index contributed by atoms with van der Waals surface area (Å²) in [6.07, 6.45) is 2.21. The second-order valence-electron chi connectivity index (χ2n) is 5.48. The van der Waals surface area contributed by atoms with Gasteiger partial charge < -0.3 is 14.6 Å². The average Bonchev–Trinajstić information content (AvgIpc) is 3.32. The summed E-state index contributed by atoms with van der Waals surface area (Å²) in [5, 5.41) is 3.77. The van der Waals surface area contributed by atoms with Crippen LogP contribution in [0.2, 0.25) is 0 Å². The topological polar surface area (TPSA) is 60.3 Å². The number of nitrogens with zero attached hydrogens (tertiary/aromatic N) is 1. The summed E-state index contributed by atoms with van der Waals surface area (Å²) in [5.41, 5.74) is 0.0419. The number of hydrogen-bond acceptors (Lipinski definition) is 4. The smallest absolute Gasteiger partial charge is 0.351 e. The van der Waals surface area contributed by atoms with E-state index in [1.807, 2.05) is 0 Å². The van der Waals surface area contributed by atoms with Crippen molar-refractivity contribution in [2.24, 2.45) is 0 Å². The molecule has 5 nitrogen and oxygen atoms in total. The third-order valence-corrected chi connectivity index (χ3v) is 4.54. The van der Waals surface area contributed by atoms with E-state index in [0.29, 0.717) is 11.8 Å². The van der Waals surface area contributed by atoms with Gasteiger partial charge in [-0.25, -0.2) is 18.0 Å². The maximum atomic E-state index is 13.6. The van der Waals surface area contributed by atoms with E-state index in [4.69, 9.17) is 4.74 Å². The summed E-state index contributed by atoms with van der Waals surface area (Å²) in [6, 6.07) is 6.87. The van der Waals surface area contributed by atoms with Gasteiger partial charge in [0.2, 0.25) is 0 Å². The molecule has 1 N–H and O–H groups in total.